The first-order valence-electron chi connectivity index (χ1n) is 6.63. The smallest absolute Gasteiger partial charge is 0.247 e. The second-order valence-electron chi connectivity index (χ2n) is 4.62. The summed E-state index contributed by atoms with van der Waals surface area (Å²) in [5, 5.41) is 15.0. The van der Waals surface area contributed by atoms with E-state index in [9.17, 15) is 0 Å². The predicted octanol–water partition coefficient (Wildman–Crippen LogP) is 1.64. The van der Waals surface area contributed by atoms with Gasteiger partial charge >= 0.3 is 0 Å². The number of aromatic nitrogens is 4. The number of nitrogens with zero attached hydrogens (tertiary/aromatic N) is 4. The van der Waals surface area contributed by atoms with E-state index in [0.29, 0.717) is 5.95 Å². The monoisotopic (exact) mass is 259 g/mol. The lowest BCUT2D eigenvalue weighted by molar-refractivity contribution is 0.0246. The van der Waals surface area contributed by atoms with E-state index in [2.05, 4.69) is 20.8 Å². The van der Waals surface area contributed by atoms with Gasteiger partial charge in [-0.25, -0.2) is 0 Å². The Morgan fingerprint density at radius 3 is 2.95 bits per heavy atom. The molecule has 1 aromatic carbocycles. The van der Waals surface area contributed by atoms with Crippen molar-refractivity contribution in [3.05, 3.63) is 30.3 Å². The molecule has 100 valence electrons. The van der Waals surface area contributed by atoms with Crippen molar-refractivity contribution in [2.24, 2.45) is 0 Å². The third-order valence-electron chi connectivity index (χ3n) is 3.23. The van der Waals surface area contributed by atoms with E-state index in [1.165, 1.54) is 6.42 Å². The van der Waals surface area contributed by atoms with Crippen LogP contribution in [0.15, 0.2) is 30.3 Å². The van der Waals surface area contributed by atoms with Crippen LogP contribution in [0.3, 0.4) is 0 Å². The molecule has 1 aliphatic rings. The van der Waals surface area contributed by atoms with Crippen molar-refractivity contribution in [2.75, 3.05) is 18.5 Å². The third kappa shape index (κ3) is 2.90. The summed E-state index contributed by atoms with van der Waals surface area (Å²) in [5.41, 5.74) is 0.944. The zero-order valence-electron chi connectivity index (χ0n) is 10.7. The van der Waals surface area contributed by atoms with Gasteiger partial charge < -0.3 is 10.1 Å². The molecule has 1 fully saturated rings. The minimum atomic E-state index is 0.259. The molecule has 0 amide bonds. The van der Waals surface area contributed by atoms with Crippen molar-refractivity contribution in [3.63, 3.8) is 0 Å². The van der Waals surface area contributed by atoms with Crippen LogP contribution >= 0.6 is 0 Å². The number of anilines is 1. The van der Waals surface area contributed by atoms with Gasteiger partial charge in [0.15, 0.2) is 0 Å². The summed E-state index contributed by atoms with van der Waals surface area (Å²) in [6.45, 7) is 1.60. The maximum atomic E-state index is 5.68. The Morgan fingerprint density at radius 2 is 2.16 bits per heavy atom. The van der Waals surface area contributed by atoms with Crippen LogP contribution in [0.1, 0.15) is 19.3 Å². The number of benzene rings is 1. The van der Waals surface area contributed by atoms with Gasteiger partial charge in [0.25, 0.3) is 0 Å². The summed E-state index contributed by atoms with van der Waals surface area (Å²) >= 11 is 0. The van der Waals surface area contributed by atoms with E-state index < -0.39 is 0 Å². The quantitative estimate of drug-likeness (QED) is 0.904. The molecule has 0 saturated carbocycles. The normalized spacial score (nSPS) is 19.3. The summed E-state index contributed by atoms with van der Waals surface area (Å²) in [5.74, 6) is 0.653. The van der Waals surface area contributed by atoms with Gasteiger partial charge in [-0.2, -0.15) is 4.68 Å². The summed E-state index contributed by atoms with van der Waals surface area (Å²) in [7, 11) is 0. The fourth-order valence-electron chi connectivity index (χ4n) is 2.21. The number of hydrogen-bond acceptors (Lipinski definition) is 5. The largest absolute Gasteiger partial charge is 0.376 e. The van der Waals surface area contributed by atoms with Crippen molar-refractivity contribution >= 4 is 5.95 Å². The molecule has 1 aromatic heterocycles. The van der Waals surface area contributed by atoms with Crippen LogP contribution in [0.25, 0.3) is 5.69 Å². The molecule has 3 rings (SSSR count). The molecule has 0 bridgehead atoms. The highest BCUT2D eigenvalue weighted by Gasteiger charge is 2.15. The summed E-state index contributed by atoms with van der Waals surface area (Å²) in [4.78, 5) is 0. The average molecular weight is 259 g/mol. The van der Waals surface area contributed by atoms with Gasteiger partial charge in [-0.15, -0.1) is 0 Å². The molecule has 2 heterocycles. The first-order chi connectivity index (χ1) is 9.43. The van der Waals surface area contributed by atoms with E-state index in [1.807, 2.05) is 30.3 Å². The molecule has 0 aliphatic carbocycles. The Kier molecular flexibility index (Phi) is 3.69. The van der Waals surface area contributed by atoms with Crippen LogP contribution in [0.2, 0.25) is 0 Å². The maximum absolute atomic E-state index is 5.68. The molecule has 1 N–H and O–H groups in total. The number of para-hydroxylation sites is 1. The molecule has 19 heavy (non-hydrogen) atoms. The standard InChI is InChI=1S/C13H17N5O/c1-2-6-11(7-3-1)18-13(15-16-17-18)14-10-12-8-4-5-9-19-12/h1-3,6-7,12H,4-5,8-10H2,(H,14,15,17). The topological polar surface area (TPSA) is 64.9 Å². The first-order valence-corrected chi connectivity index (χ1v) is 6.63. The van der Waals surface area contributed by atoms with Gasteiger partial charge in [0.05, 0.1) is 11.8 Å². The minimum Gasteiger partial charge on any atom is -0.376 e. The van der Waals surface area contributed by atoms with E-state index in [0.717, 1.165) is 31.7 Å². The fourth-order valence-corrected chi connectivity index (χ4v) is 2.21. The summed E-state index contributed by atoms with van der Waals surface area (Å²) < 4.78 is 7.38. The van der Waals surface area contributed by atoms with Gasteiger partial charge in [0, 0.05) is 13.2 Å². The molecule has 1 saturated heterocycles. The van der Waals surface area contributed by atoms with E-state index in [-0.39, 0.29) is 6.10 Å². The summed E-state index contributed by atoms with van der Waals surface area (Å²) in [6.07, 6.45) is 3.75. The van der Waals surface area contributed by atoms with Gasteiger partial charge in [0.2, 0.25) is 5.95 Å². The number of ether oxygens (including phenoxy) is 1. The van der Waals surface area contributed by atoms with Crippen molar-refractivity contribution in [1.82, 2.24) is 20.2 Å². The molecule has 1 atom stereocenters. The molecule has 0 spiro atoms. The molecular formula is C13H17N5O. The van der Waals surface area contributed by atoms with Gasteiger partial charge in [-0.05, 0) is 41.8 Å². The Bertz CT molecular complexity index is 507. The van der Waals surface area contributed by atoms with Gasteiger partial charge in [0.1, 0.15) is 0 Å². The Balaban J connectivity index is 1.67. The van der Waals surface area contributed by atoms with Crippen molar-refractivity contribution in [1.29, 1.82) is 0 Å². The number of hydrogen-bond donors (Lipinski definition) is 1. The molecule has 6 heteroatoms. The van der Waals surface area contributed by atoms with Crippen LogP contribution in [0.4, 0.5) is 5.95 Å². The first kappa shape index (κ1) is 12.1. The van der Waals surface area contributed by atoms with E-state index in [4.69, 9.17) is 4.74 Å². The molecule has 0 radical (unpaired) electrons. The molecular weight excluding hydrogens is 242 g/mol. The third-order valence-corrected chi connectivity index (χ3v) is 3.23. The zero-order valence-corrected chi connectivity index (χ0v) is 10.7. The lowest BCUT2D eigenvalue weighted by Crippen LogP contribution is -2.27. The molecule has 1 aliphatic heterocycles. The summed E-state index contributed by atoms with van der Waals surface area (Å²) in [6, 6.07) is 9.84. The maximum Gasteiger partial charge on any atom is 0.247 e. The fraction of sp³-hybridized carbons (Fsp3) is 0.462. The highest BCUT2D eigenvalue weighted by atomic mass is 16.5. The van der Waals surface area contributed by atoms with Gasteiger partial charge in [-0.1, -0.05) is 23.3 Å². The van der Waals surface area contributed by atoms with Crippen LogP contribution in [0, 0.1) is 0 Å². The Labute approximate surface area is 111 Å². The van der Waals surface area contributed by atoms with Crippen molar-refractivity contribution in [2.45, 2.75) is 25.4 Å². The highest BCUT2D eigenvalue weighted by Crippen LogP contribution is 2.14. The van der Waals surface area contributed by atoms with E-state index >= 15 is 0 Å². The predicted molar refractivity (Wildman–Crippen MR) is 71.2 cm³/mol. The van der Waals surface area contributed by atoms with Crippen LogP contribution < -0.4 is 5.32 Å². The van der Waals surface area contributed by atoms with Crippen LogP contribution in [0.5, 0.6) is 0 Å². The zero-order chi connectivity index (χ0) is 12.9. The van der Waals surface area contributed by atoms with Crippen LogP contribution in [-0.2, 0) is 4.74 Å². The lowest BCUT2D eigenvalue weighted by Gasteiger charge is -2.22. The molecule has 1 unspecified atom stereocenters. The van der Waals surface area contributed by atoms with Crippen LogP contribution in [-0.4, -0.2) is 39.5 Å². The van der Waals surface area contributed by atoms with Crippen molar-refractivity contribution < 1.29 is 4.74 Å². The average Bonchev–Trinajstić information content (AvgIpc) is 2.95. The van der Waals surface area contributed by atoms with E-state index in [1.54, 1.807) is 4.68 Å². The number of tetrazole rings is 1. The minimum absolute atomic E-state index is 0.259. The molecule has 2 aromatic rings. The van der Waals surface area contributed by atoms with Gasteiger partial charge in [-0.3, -0.25) is 0 Å². The Hall–Kier alpha value is -1.95. The second-order valence-corrected chi connectivity index (χ2v) is 4.62. The Morgan fingerprint density at radius 1 is 1.26 bits per heavy atom. The highest BCUT2D eigenvalue weighted by molar-refractivity contribution is 5.38. The lowest BCUT2D eigenvalue weighted by atomic mass is 10.1. The second kappa shape index (κ2) is 5.79. The van der Waals surface area contributed by atoms with Crippen molar-refractivity contribution in [3.8, 4) is 5.69 Å². The number of nitrogens with one attached hydrogen (secondary N) is 1. The molecule has 6 nitrogen and oxygen atoms in total. The number of rotatable bonds is 4. The SMILES string of the molecule is c1ccc(-n2nnnc2NCC2CCCCO2)cc1.